The van der Waals surface area contributed by atoms with Gasteiger partial charge in [-0.05, 0) is 55.5 Å². The molecular weight excluding hydrogens is 398 g/mol. The number of fused-ring (bicyclic) bond motifs is 1. The summed E-state index contributed by atoms with van der Waals surface area (Å²) in [5.74, 6) is 2.31. The zero-order valence-electron chi connectivity index (χ0n) is 18.4. The van der Waals surface area contributed by atoms with Crippen LogP contribution in [0.3, 0.4) is 0 Å². The number of carbonyl (C=O) groups is 1. The van der Waals surface area contributed by atoms with E-state index in [1.165, 1.54) is 45.2 Å². The van der Waals surface area contributed by atoms with Gasteiger partial charge in [-0.25, -0.2) is 0 Å². The predicted molar refractivity (Wildman–Crippen MR) is 121 cm³/mol. The van der Waals surface area contributed by atoms with Crippen molar-refractivity contribution in [2.45, 2.75) is 51.2 Å². The summed E-state index contributed by atoms with van der Waals surface area (Å²) in [6.45, 7) is 3.27. The van der Waals surface area contributed by atoms with Crippen LogP contribution in [-0.4, -0.2) is 57.5 Å². The van der Waals surface area contributed by atoms with Crippen LogP contribution in [0.2, 0.25) is 0 Å². The maximum Gasteiger partial charge on any atom is 0.193 e. The highest BCUT2D eigenvalue weighted by atomic mass is 32.1. The normalized spacial score (nSPS) is 27.2. The second kappa shape index (κ2) is 9.25. The molecule has 0 amide bonds. The number of carbonyl (C=O) groups excluding carboxylic acids is 1. The Morgan fingerprint density at radius 2 is 1.83 bits per heavy atom. The second-order valence-electron chi connectivity index (χ2n) is 9.01. The molecule has 1 unspecified atom stereocenters. The largest absolute Gasteiger partial charge is 0.493 e. The van der Waals surface area contributed by atoms with E-state index in [4.69, 9.17) is 14.2 Å². The Bertz CT molecular complexity index is 838. The second-order valence-corrected chi connectivity index (χ2v) is 10.1. The fraction of sp³-hybridized carbons (Fsp3) is 0.625. The van der Waals surface area contributed by atoms with E-state index >= 15 is 0 Å². The van der Waals surface area contributed by atoms with E-state index in [9.17, 15) is 4.79 Å². The number of Topliss-reactive ketones (excluding diaryl/α,β-unsaturated/α-hetero) is 1. The lowest BCUT2D eigenvalue weighted by molar-refractivity contribution is -0.961. The smallest absolute Gasteiger partial charge is 0.193 e. The van der Waals surface area contributed by atoms with Crippen molar-refractivity contribution in [1.82, 2.24) is 0 Å². The molecule has 0 N–H and O–H groups in total. The number of benzene rings is 1. The molecule has 0 aliphatic carbocycles. The molecule has 0 saturated carbocycles. The van der Waals surface area contributed by atoms with E-state index in [2.05, 4.69) is 7.05 Å². The number of quaternary nitrogens is 1. The summed E-state index contributed by atoms with van der Waals surface area (Å²) in [6.07, 6.45) is 8.10. The monoisotopic (exact) mass is 432 g/mol. The van der Waals surface area contributed by atoms with Crippen LogP contribution in [0.4, 0.5) is 0 Å². The molecule has 1 aromatic carbocycles. The van der Waals surface area contributed by atoms with Gasteiger partial charge in [-0.3, -0.25) is 4.79 Å². The molecule has 30 heavy (non-hydrogen) atoms. The highest BCUT2D eigenvalue weighted by Crippen LogP contribution is 2.37. The third kappa shape index (κ3) is 4.51. The van der Waals surface area contributed by atoms with Crippen LogP contribution in [0.15, 0.2) is 18.2 Å². The lowest BCUT2D eigenvalue weighted by Gasteiger charge is -2.46. The lowest BCUT2D eigenvalue weighted by atomic mass is 9.89. The number of hydrogen-bond acceptors (Lipinski definition) is 5. The number of nitrogens with zero attached hydrogens (tertiary/aromatic N) is 1. The Labute approximate surface area is 183 Å². The molecule has 0 bridgehead atoms. The minimum atomic E-state index is 0.257. The molecule has 6 heteroatoms. The first-order valence-electron chi connectivity index (χ1n) is 11.2. The number of rotatable bonds is 7. The molecule has 2 aromatic rings. The molecular formula is C24H34NO4S+. The van der Waals surface area contributed by atoms with Gasteiger partial charge in [-0.2, -0.15) is 0 Å². The van der Waals surface area contributed by atoms with E-state index < -0.39 is 0 Å². The van der Waals surface area contributed by atoms with Crippen LogP contribution in [0, 0.1) is 5.92 Å². The molecule has 2 fully saturated rings. The van der Waals surface area contributed by atoms with Crippen LogP contribution in [-0.2, 0) is 4.74 Å². The summed E-state index contributed by atoms with van der Waals surface area (Å²) < 4.78 is 19.0. The van der Waals surface area contributed by atoms with Gasteiger partial charge in [0.15, 0.2) is 23.5 Å². The molecule has 2 aliphatic heterocycles. The molecule has 1 aromatic heterocycles. The molecule has 0 radical (unpaired) electrons. The summed E-state index contributed by atoms with van der Waals surface area (Å²) in [5.41, 5.74) is 0. The maximum absolute atomic E-state index is 12.9. The van der Waals surface area contributed by atoms with Gasteiger partial charge >= 0.3 is 0 Å². The van der Waals surface area contributed by atoms with Gasteiger partial charge in [0, 0.05) is 23.6 Å². The van der Waals surface area contributed by atoms with Crippen LogP contribution in [0.25, 0.3) is 10.1 Å². The third-order valence-electron chi connectivity index (χ3n) is 7.02. The molecule has 2 aliphatic rings. The highest BCUT2D eigenvalue weighted by Gasteiger charge is 2.38. The maximum atomic E-state index is 12.9. The van der Waals surface area contributed by atoms with Gasteiger partial charge in [0.1, 0.15) is 0 Å². The standard InChI is InChI=1S/C24H34NO4S/c1-25(24-6-4-5-13-29-24)11-9-17(10-12-25)7-8-19(26)23-15-18-14-20(27-2)21(28-3)16-22(18)30-23/h14-17,24H,4-13H2,1-3H3/q+1. The van der Waals surface area contributed by atoms with Crippen LogP contribution in [0.1, 0.15) is 54.6 Å². The average molecular weight is 433 g/mol. The van der Waals surface area contributed by atoms with Gasteiger partial charge < -0.3 is 18.7 Å². The number of ether oxygens (including phenoxy) is 3. The topological polar surface area (TPSA) is 44.8 Å². The van der Waals surface area contributed by atoms with Crippen molar-refractivity contribution in [3.05, 3.63) is 23.1 Å². The number of ketones is 1. The number of hydrogen-bond donors (Lipinski definition) is 0. The van der Waals surface area contributed by atoms with E-state index in [1.807, 2.05) is 18.2 Å². The summed E-state index contributed by atoms with van der Waals surface area (Å²) in [4.78, 5) is 13.7. The van der Waals surface area contributed by atoms with Crippen molar-refractivity contribution >= 4 is 27.2 Å². The van der Waals surface area contributed by atoms with Crippen LogP contribution < -0.4 is 9.47 Å². The minimum Gasteiger partial charge on any atom is -0.493 e. The van der Waals surface area contributed by atoms with E-state index in [0.29, 0.717) is 30.1 Å². The Balaban J connectivity index is 1.33. The first kappa shape index (κ1) is 21.6. The zero-order valence-corrected chi connectivity index (χ0v) is 19.3. The zero-order chi connectivity index (χ0) is 21.1. The van der Waals surface area contributed by atoms with Crippen LogP contribution >= 0.6 is 11.3 Å². The first-order valence-corrected chi connectivity index (χ1v) is 12.0. The molecule has 2 saturated heterocycles. The third-order valence-corrected chi connectivity index (χ3v) is 8.16. The van der Waals surface area contributed by atoms with Crippen molar-refractivity contribution < 1.29 is 23.5 Å². The summed E-state index contributed by atoms with van der Waals surface area (Å²) in [7, 11) is 5.63. The average Bonchev–Trinajstić information content (AvgIpc) is 3.21. The molecule has 5 nitrogen and oxygen atoms in total. The van der Waals surface area contributed by atoms with Crippen molar-refractivity contribution in [2.75, 3.05) is 41.0 Å². The van der Waals surface area contributed by atoms with Crippen molar-refractivity contribution in [2.24, 2.45) is 5.92 Å². The van der Waals surface area contributed by atoms with E-state index in [-0.39, 0.29) is 5.78 Å². The van der Waals surface area contributed by atoms with Crippen LogP contribution in [0.5, 0.6) is 11.5 Å². The predicted octanol–water partition coefficient (Wildman–Crippen LogP) is 5.26. The van der Waals surface area contributed by atoms with Gasteiger partial charge in [0.2, 0.25) is 0 Å². The molecule has 0 spiro atoms. The lowest BCUT2D eigenvalue weighted by Crippen LogP contribution is -2.58. The number of thiophene rings is 1. The van der Waals surface area contributed by atoms with E-state index in [0.717, 1.165) is 32.5 Å². The number of likely N-dealkylation sites (tertiary alicyclic amines) is 1. The summed E-state index contributed by atoms with van der Waals surface area (Å²) in [5, 5.41) is 1.04. The number of piperidine rings is 1. The fourth-order valence-electron chi connectivity index (χ4n) is 4.97. The van der Waals surface area contributed by atoms with Gasteiger partial charge in [-0.1, -0.05) is 0 Å². The molecule has 3 heterocycles. The Hall–Kier alpha value is -1.63. The quantitative estimate of drug-likeness (QED) is 0.442. The van der Waals surface area contributed by atoms with Crippen molar-refractivity contribution in [3.8, 4) is 11.5 Å². The summed E-state index contributed by atoms with van der Waals surface area (Å²) in [6, 6.07) is 5.91. The minimum absolute atomic E-state index is 0.257. The van der Waals surface area contributed by atoms with Crippen molar-refractivity contribution in [1.29, 1.82) is 0 Å². The Morgan fingerprint density at radius 3 is 2.50 bits per heavy atom. The number of methoxy groups -OCH3 is 2. The molecule has 1 atom stereocenters. The van der Waals surface area contributed by atoms with Gasteiger partial charge in [0.05, 0.1) is 45.8 Å². The summed E-state index contributed by atoms with van der Waals surface area (Å²) >= 11 is 1.55. The van der Waals surface area contributed by atoms with Crippen molar-refractivity contribution in [3.63, 3.8) is 0 Å². The molecule has 164 valence electrons. The van der Waals surface area contributed by atoms with Gasteiger partial charge in [0.25, 0.3) is 0 Å². The Kier molecular flexibility index (Phi) is 6.66. The van der Waals surface area contributed by atoms with Gasteiger partial charge in [-0.15, -0.1) is 11.3 Å². The first-order chi connectivity index (χ1) is 14.5. The highest BCUT2D eigenvalue weighted by molar-refractivity contribution is 7.20. The Morgan fingerprint density at radius 1 is 1.10 bits per heavy atom. The van der Waals surface area contributed by atoms with E-state index in [1.54, 1.807) is 25.6 Å². The SMILES string of the molecule is COc1cc2cc(C(=O)CCC3CC[N+](C)(C4CCCCO4)CC3)sc2cc1OC. The molecule has 4 rings (SSSR count). The fourth-order valence-corrected chi connectivity index (χ4v) is 6.01.